The molecule has 0 amide bonds. The van der Waals surface area contributed by atoms with E-state index in [0.29, 0.717) is 67.5 Å². The number of benzene rings is 1. The Balaban J connectivity index is 1.80. The Bertz CT molecular complexity index is 1240. The van der Waals surface area contributed by atoms with E-state index in [1.165, 1.54) is 0 Å². The lowest BCUT2D eigenvalue weighted by atomic mass is 10.3. The molecule has 1 fully saturated rings. The van der Waals surface area contributed by atoms with Gasteiger partial charge in [-0.25, -0.2) is 9.97 Å². The van der Waals surface area contributed by atoms with E-state index in [1.807, 2.05) is 28.8 Å². The third-order valence-corrected chi connectivity index (χ3v) is 5.24. The van der Waals surface area contributed by atoms with E-state index >= 15 is 0 Å². The zero-order valence-electron chi connectivity index (χ0n) is 16.8. The number of aryl methyl sites for hydroxylation is 1. The Morgan fingerprint density at radius 2 is 1.93 bits per heavy atom. The smallest absolute Gasteiger partial charge is 0.239 e. The Kier molecular flexibility index (Phi) is 4.64. The molecule has 4 heterocycles. The lowest BCUT2D eigenvalue weighted by Crippen LogP contribution is -2.37. The number of rotatable bonds is 5. The summed E-state index contributed by atoms with van der Waals surface area (Å²) in [6.45, 7) is 2.91. The number of anilines is 1. The zero-order valence-corrected chi connectivity index (χ0v) is 16.8. The minimum atomic E-state index is 0.304. The number of aldehydes is 1. The van der Waals surface area contributed by atoms with E-state index in [-0.39, 0.29) is 0 Å². The summed E-state index contributed by atoms with van der Waals surface area (Å²) in [7, 11) is 3.41. The fourth-order valence-electron chi connectivity index (χ4n) is 3.78. The number of hydrogen-bond acceptors (Lipinski definition) is 8. The minimum absolute atomic E-state index is 0.304. The molecule has 0 radical (unpaired) electrons. The van der Waals surface area contributed by atoms with Gasteiger partial charge in [-0.1, -0.05) is 12.1 Å². The number of carbonyl (C=O) groups excluding carboxylic acids is 1. The van der Waals surface area contributed by atoms with Crippen LogP contribution in [0, 0.1) is 0 Å². The van der Waals surface area contributed by atoms with Crippen molar-refractivity contribution in [2.24, 2.45) is 7.05 Å². The molecule has 10 heteroatoms. The van der Waals surface area contributed by atoms with Gasteiger partial charge in [0.15, 0.2) is 29.1 Å². The molecule has 0 unspecified atom stereocenters. The second kappa shape index (κ2) is 7.47. The lowest BCUT2D eigenvalue weighted by Gasteiger charge is -2.28. The summed E-state index contributed by atoms with van der Waals surface area (Å²) < 4.78 is 14.5. The fourth-order valence-corrected chi connectivity index (χ4v) is 3.78. The number of methoxy groups -OCH3 is 1. The number of morpholine rings is 1. The van der Waals surface area contributed by atoms with E-state index in [2.05, 4.69) is 9.88 Å². The monoisotopic (exact) mass is 407 g/mol. The van der Waals surface area contributed by atoms with Crippen LogP contribution >= 0.6 is 0 Å². The summed E-state index contributed by atoms with van der Waals surface area (Å²) in [5.74, 6) is 2.15. The van der Waals surface area contributed by atoms with Gasteiger partial charge in [0, 0.05) is 27.2 Å². The van der Waals surface area contributed by atoms with Crippen LogP contribution in [0.4, 0.5) is 5.82 Å². The van der Waals surface area contributed by atoms with Crippen LogP contribution in [0.2, 0.25) is 0 Å². The maximum absolute atomic E-state index is 11.5. The second-order valence-corrected chi connectivity index (χ2v) is 7.05. The van der Waals surface area contributed by atoms with Gasteiger partial charge in [0.1, 0.15) is 12.4 Å². The van der Waals surface area contributed by atoms with Crippen LogP contribution in [0.3, 0.4) is 0 Å². The van der Waals surface area contributed by atoms with Gasteiger partial charge < -0.3 is 18.9 Å². The van der Waals surface area contributed by atoms with Crippen LogP contribution in [-0.2, 0) is 23.1 Å². The average Bonchev–Trinajstić information content (AvgIpc) is 3.31. The molecule has 10 nitrogen and oxygen atoms in total. The average molecular weight is 407 g/mol. The highest BCUT2D eigenvalue weighted by Crippen LogP contribution is 2.28. The molecule has 0 saturated carbocycles. The molecule has 0 atom stereocenters. The van der Waals surface area contributed by atoms with Gasteiger partial charge in [0.2, 0.25) is 5.95 Å². The van der Waals surface area contributed by atoms with Crippen molar-refractivity contribution in [3.05, 3.63) is 35.9 Å². The first-order valence-electron chi connectivity index (χ1n) is 9.69. The van der Waals surface area contributed by atoms with Gasteiger partial charge in [-0.05, 0) is 12.1 Å². The maximum Gasteiger partial charge on any atom is 0.239 e. The SMILES string of the molecule is COCc1nc2ccccc2n1-c1nc(N2CCOCC2)c2nc(C=O)n(C)c2n1. The van der Waals surface area contributed by atoms with Crippen molar-refractivity contribution >= 4 is 34.3 Å². The molecule has 1 aliphatic heterocycles. The van der Waals surface area contributed by atoms with Gasteiger partial charge >= 0.3 is 0 Å². The summed E-state index contributed by atoms with van der Waals surface area (Å²) in [5, 5.41) is 0. The van der Waals surface area contributed by atoms with E-state index in [1.54, 1.807) is 18.7 Å². The molecular formula is C20H21N7O3. The van der Waals surface area contributed by atoms with E-state index < -0.39 is 0 Å². The molecule has 4 aromatic rings. The Hall–Kier alpha value is -3.37. The molecule has 0 bridgehead atoms. The summed E-state index contributed by atoms with van der Waals surface area (Å²) in [6, 6.07) is 7.81. The third kappa shape index (κ3) is 2.92. The zero-order chi connectivity index (χ0) is 20.7. The number of aromatic nitrogens is 6. The maximum atomic E-state index is 11.5. The first kappa shape index (κ1) is 18.6. The predicted molar refractivity (Wildman–Crippen MR) is 110 cm³/mol. The Morgan fingerprint density at radius 1 is 1.13 bits per heavy atom. The minimum Gasteiger partial charge on any atom is -0.378 e. The third-order valence-electron chi connectivity index (χ3n) is 5.24. The number of imidazole rings is 2. The van der Waals surface area contributed by atoms with E-state index in [0.717, 1.165) is 17.3 Å². The normalized spacial score (nSPS) is 14.7. The molecule has 5 rings (SSSR count). The summed E-state index contributed by atoms with van der Waals surface area (Å²) in [6.07, 6.45) is 0.730. The Labute approximate surface area is 172 Å². The Morgan fingerprint density at radius 3 is 2.70 bits per heavy atom. The van der Waals surface area contributed by atoms with Gasteiger partial charge in [-0.3, -0.25) is 9.36 Å². The second-order valence-electron chi connectivity index (χ2n) is 7.05. The van der Waals surface area contributed by atoms with Crippen molar-refractivity contribution in [1.82, 2.24) is 29.1 Å². The lowest BCUT2D eigenvalue weighted by molar-refractivity contribution is 0.111. The first-order chi connectivity index (χ1) is 14.7. The van der Waals surface area contributed by atoms with Crippen molar-refractivity contribution in [1.29, 1.82) is 0 Å². The van der Waals surface area contributed by atoms with E-state index in [9.17, 15) is 4.79 Å². The molecule has 3 aromatic heterocycles. The molecule has 1 aliphatic rings. The van der Waals surface area contributed by atoms with Crippen molar-refractivity contribution in [2.75, 3.05) is 38.3 Å². The number of carbonyl (C=O) groups is 1. The van der Waals surface area contributed by atoms with E-state index in [4.69, 9.17) is 24.4 Å². The highest BCUT2D eigenvalue weighted by Gasteiger charge is 2.24. The summed E-state index contributed by atoms with van der Waals surface area (Å²) in [4.78, 5) is 32.5. The molecule has 0 spiro atoms. The fraction of sp³-hybridized carbons (Fsp3) is 0.350. The van der Waals surface area contributed by atoms with Crippen LogP contribution in [0.25, 0.3) is 28.1 Å². The topological polar surface area (TPSA) is 100 Å². The van der Waals surface area contributed by atoms with Crippen LogP contribution < -0.4 is 4.90 Å². The highest BCUT2D eigenvalue weighted by molar-refractivity contribution is 5.89. The molecule has 1 saturated heterocycles. The number of fused-ring (bicyclic) bond motifs is 2. The number of ether oxygens (including phenoxy) is 2. The highest BCUT2D eigenvalue weighted by atomic mass is 16.5. The van der Waals surface area contributed by atoms with Crippen molar-refractivity contribution in [3.8, 4) is 5.95 Å². The van der Waals surface area contributed by atoms with Crippen LogP contribution in [0.1, 0.15) is 16.4 Å². The van der Waals surface area contributed by atoms with Gasteiger partial charge in [-0.15, -0.1) is 0 Å². The molecule has 0 N–H and O–H groups in total. The summed E-state index contributed by atoms with van der Waals surface area (Å²) >= 11 is 0. The largest absolute Gasteiger partial charge is 0.378 e. The summed E-state index contributed by atoms with van der Waals surface area (Å²) in [5.41, 5.74) is 2.90. The van der Waals surface area contributed by atoms with Gasteiger partial charge in [0.05, 0.1) is 24.2 Å². The number of hydrogen-bond donors (Lipinski definition) is 0. The van der Waals surface area contributed by atoms with Crippen LogP contribution in [0.5, 0.6) is 0 Å². The van der Waals surface area contributed by atoms with Crippen molar-refractivity contribution in [3.63, 3.8) is 0 Å². The number of para-hydroxylation sites is 2. The van der Waals surface area contributed by atoms with Crippen molar-refractivity contribution < 1.29 is 14.3 Å². The number of nitrogens with zero attached hydrogens (tertiary/aromatic N) is 7. The van der Waals surface area contributed by atoms with Crippen molar-refractivity contribution in [2.45, 2.75) is 6.61 Å². The standard InChI is InChI=1S/C20H21N7O3/c1-25-15(11-28)22-17-18(25)23-20(24-19(17)26-7-9-30-10-8-26)27-14-6-4-3-5-13(14)21-16(27)12-29-2/h3-6,11H,7-10,12H2,1-2H3. The van der Waals surface area contributed by atoms with Gasteiger partial charge in [-0.2, -0.15) is 9.97 Å². The van der Waals surface area contributed by atoms with Crippen LogP contribution in [0.15, 0.2) is 24.3 Å². The molecule has 154 valence electrons. The predicted octanol–water partition coefficient (Wildman–Crippen LogP) is 1.50. The van der Waals surface area contributed by atoms with Gasteiger partial charge in [0.25, 0.3) is 0 Å². The quantitative estimate of drug-likeness (QED) is 0.459. The van der Waals surface area contributed by atoms with Crippen LogP contribution in [-0.4, -0.2) is 68.8 Å². The molecular weight excluding hydrogens is 386 g/mol. The molecule has 1 aromatic carbocycles. The molecule has 0 aliphatic carbocycles. The molecule has 30 heavy (non-hydrogen) atoms. The first-order valence-corrected chi connectivity index (χ1v) is 9.69.